The minimum atomic E-state index is -0.997. The van der Waals surface area contributed by atoms with E-state index in [9.17, 15) is 9.90 Å². The summed E-state index contributed by atoms with van der Waals surface area (Å²) in [5.41, 5.74) is -1.19. The zero-order valence-corrected chi connectivity index (χ0v) is 11.8. The van der Waals surface area contributed by atoms with Crippen LogP contribution in [-0.4, -0.2) is 48.1 Å². The monoisotopic (exact) mass is 259 g/mol. The Morgan fingerprint density at radius 2 is 1.89 bits per heavy atom. The molecule has 0 aromatic carbocycles. The molecule has 0 spiro atoms. The molecule has 18 heavy (non-hydrogen) atoms. The molecule has 106 valence electrons. The summed E-state index contributed by atoms with van der Waals surface area (Å²) in [4.78, 5) is 11.2. The predicted molar refractivity (Wildman–Crippen MR) is 68.7 cm³/mol. The lowest BCUT2D eigenvalue weighted by Crippen LogP contribution is -2.54. The highest BCUT2D eigenvalue weighted by Crippen LogP contribution is 2.22. The zero-order valence-electron chi connectivity index (χ0n) is 11.8. The minimum absolute atomic E-state index is 0.159. The van der Waals surface area contributed by atoms with Crippen LogP contribution in [0.5, 0.6) is 0 Å². The van der Waals surface area contributed by atoms with E-state index in [-0.39, 0.29) is 12.2 Å². The average Bonchev–Trinajstić information content (AvgIpc) is 2.99. The zero-order chi connectivity index (χ0) is 13.8. The van der Waals surface area contributed by atoms with E-state index in [4.69, 9.17) is 9.47 Å². The number of ether oxygens (including phenoxy) is 2. The summed E-state index contributed by atoms with van der Waals surface area (Å²) in [5, 5.41) is 12.3. The van der Waals surface area contributed by atoms with Gasteiger partial charge in [-0.25, -0.2) is 0 Å². The highest BCUT2D eigenvalue weighted by Gasteiger charge is 2.38. The Morgan fingerprint density at radius 1 is 1.28 bits per heavy atom. The highest BCUT2D eigenvalue weighted by molar-refractivity contribution is 5.78. The van der Waals surface area contributed by atoms with Gasteiger partial charge in [-0.15, -0.1) is 0 Å². The van der Waals surface area contributed by atoms with Gasteiger partial charge in [0.05, 0.1) is 25.4 Å². The fourth-order valence-corrected chi connectivity index (χ4v) is 1.53. The van der Waals surface area contributed by atoms with Gasteiger partial charge in [0, 0.05) is 6.04 Å². The van der Waals surface area contributed by atoms with Crippen molar-refractivity contribution in [1.29, 1.82) is 0 Å². The van der Waals surface area contributed by atoms with Crippen LogP contribution in [0.25, 0.3) is 0 Å². The first-order valence-electron chi connectivity index (χ1n) is 6.46. The van der Waals surface area contributed by atoms with E-state index in [1.807, 2.05) is 20.8 Å². The Hall–Kier alpha value is -0.650. The van der Waals surface area contributed by atoms with Crippen LogP contribution in [0.4, 0.5) is 0 Å². The summed E-state index contributed by atoms with van der Waals surface area (Å²) in [6.07, 6.45) is 2.10. The van der Waals surface area contributed by atoms with Crippen LogP contribution >= 0.6 is 0 Å². The molecule has 0 bridgehead atoms. The molecule has 0 aromatic heterocycles. The molecule has 1 fully saturated rings. The molecule has 0 heterocycles. The molecule has 5 heteroatoms. The molecule has 1 rings (SSSR count). The smallest absolute Gasteiger partial charge is 0.326 e. The molecular weight excluding hydrogens is 234 g/mol. The molecule has 1 saturated carbocycles. The first kappa shape index (κ1) is 15.4. The van der Waals surface area contributed by atoms with Crippen LogP contribution < -0.4 is 5.32 Å². The lowest BCUT2D eigenvalue weighted by Gasteiger charge is -2.26. The molecule has 1 aliphatic carbocycles. The lowest BCUT2D eigenvalue weighted by atomic mass is 10.0. The minimum Gasteiger partial charge on any atom is -0.480 e. The SMILES string of the molecule is CC(C)(C)OCCOCC(C)(NC1CC1)C(=O)O. The normalized spacial score (nSPS) is 19.6. The van der Waals surface area contributed by atoms with Crippen molar-refractivity contribution in [2.24, 2.45) is 0 Å². The van der Waals surface area contributed by atoms with E-state index < -0.39 is 11.5 Å². The van der Waals surface area contributed by atoms with Crippen LogP contribution in [-0.2, 0) is 14.3 Å². The molecule has 5 nitrogen and oxygen atoms in total. The van der Waals surface area contributed by atoms with E-state index in [1.165, 1.54) is 0 Å². The molecule has 2 N–H and O–H groups in total. The molecule has 0 aliphatic heterocycles. The van der Waals surface area contributed by atoms with Crippen molar-refractivity contribution < 1.29 is 19.4 Å². The number of nitrogens with one attached hydrogen (secondary N) is 1. The third kappa shape index (κ3) is 5.80. The Bertz CT molecular complexity index is 283. The van der Waals surface area contributed by atoms with Crippen molar-refractivity contribution >= 4 is 5.97 Å². The Labute approximate surface area is 109 Å². The van der Waals surface area contributed by atoms with Crippen LogP contribution in [0.2, 0.25) is 0 Å². The average molecular weight is 259 g/mol. The van der Waals surface area contributed by atoms with Gasteiger partial charge in [0.2, 0.25) is 0 Å². The van der Waals surface area contributed by atoms with Crippen LogP contribution in [0.3, 0.4) is 0 Å². The van der Waals surface area contributed by atoms with E-state index in [0.29, 0.717) is 19.3 Å². The highest BCUT2D eigenvalue weighted by atomic mass is 16.5. The fraction of sp³-hybridized carbons (Fsp3) is 0.923. The molecule has 0 aromatic rings. The van der Waals surface area contributed by atoms with Gasteiger partial charge in [-0.2, -0.15) is 0 Å². The molecular formula is C13H25NO4. The first-order valence-corrected chi connectivity index (χ1v) is 6.46. The van der Waals surface area contributed by atoms with Gasteiger partial charge in [-0.1, -0.05) is 0 Å². The first-order chi connectivity index (χ1) is 8.23. The summed E-state index contributed by atoms with van der Waals surface area (Å²) in [6.45, 7) is 8.63. The van der Waals surface area contributed by atoms with Crippen molar-refractivity contribution in [1.82, 2.24) is 5.32 Å². The lowest BCUT2D eigenvalue weighted by molar-refractivity contribution is -0.147. The molecule has 1 unspecified atom stereocenters. The van der Waals surface area contributed by atoms with E-state index in [2.05, 4.69) is 5.32 Å². The quantitative estimate of drug-likeness (QED) is 0.645. The number of carboxylic acids is 1. The topological polar surface area (TPSA) is 67.8 Å². The third-order valence-corrected chi connectivity index (χ3v) is 2.73. The summed E-state index contributed by atoms with van der Waals surface area (Å²) in [6, 6.07) is 0.334. The summed E-state index contributed by atoms with van der Waals surface area (Å²) in [5.74, 6) is -0.869. The van der Waals surface area contributed by atoms with Crippen molar-refractivity contribution in [2.75, 3.05) is 19.8 Å². The van der Waals surface area contributed by atoms with Gasteiger partial charge >= 0.3 is 5.97 Å². The number of hydrogen-bond donors (Lipinski definition) is 2. The number of aliphatic carboxylic acids is 1. The molecule has 0 radical (unpaired) electrons. The standard InChI is InChI=1S/C13H25NO4/c1-12(2,3)18-8-7-17-9-13(4,11(15)16)14-10-5-6-10/h10,14H,5-9H2,1-4H3,(H,15,16). The van der Waals surface area contributed by atoms with Crippen molar-refractivity contribution in [3.05, 3.63) is 0 Å². The van der Waals surface area contributed by atoms with Crippen LogP contribution in [0, 0.1) is 0 Å². The third-order valence-electron chi connectivity index (χ3n) is 2.73. The summed E-state index contributed by atoms with van der Waals surface area (Å²) in [7, 11) is 0. The molecule has 0 amide bonds. The maximum atomic E-state index is 11.2. The maximum absolute atomic E-state index is 11.2. The molecule has 1 aliphatic rings. The second-order valence-electron chi connectivity index (χ2n) is 6.07. The Morgan fingerprint density at radius 3 is 2.33 bits per heavy atom. The number of rotatable bonds is 8. The van der Waals surface area contributed by atoms with Crippen LogP contribution in [0.15, 0.2) is 0 Å². The van der Waals surface area contributed by atoms with Crippen molar-refractivity contribution in [3.8, 4) is 0 Å². The van der Waals surface area contributed by atoms with Gasteiger partial charge in [0.25, 0.3) is 0 Å². The summed E-state index contributed by atoms with van der Waals surface area (Å²) < 4.78 is 10.9. The molecule has 0 saturated heterocycles. The number of carbonyl (C=O) groups is 1. The number of hydrogen-bond acceptors (Lipinski definition) is 4. The van der Waals surface area contributed by atoms with E-state index >= 15 is 0 Å². The van der Waals surface area contributed by atoms with Gasteiger partial charge in [0.15, 0.2) is 0 Å². The Kier molecular flexibility index (Phi) is 5.13. The van der Waals surface area contributed by atoms with Gasteiger partial charge in [-0.05, 0) is 40.5 Å². The second kappa shape index (κ2) is 5.99. The van der Waals surface area contributed by atoms with E-state index in [0.717, 1.165) is 12.8 Å². The van der Waals surface area contributed by atoms with Gasteiger partial charge in [0.1, 0.15) is 5.54 Å². The van der Waals surface area contributed by atoms with Crippen LogP contribution in [0.1, 0.15) is 40.5 Å². The van der Waals surface area contributed by atoms with Crippen molar-refractivity contribution in [3.63, 3.8) is 0 Å². The second-order valence-corrected chi connectivity index (χ2v) is 6.07. The molecule has 1 atom stereocenters. The van der Waals surface area contributed by atoms with E-state index in [1.54, 1.807) is 6.92 Å². The van der Waals surface area contributed by atoms with Gasteiger partial charge in [-0.3, -0.25) is 10.1 Å². The summed E-state index contributed by atoms with van der Waals surface area (Å²) >= 11 is 0. The number of carboxylic acid groups (broad SMARTS) is 1. The Balaban J connectivity index is 2.23. The largest absolute Gasteiger partial charge is 0.480 e. The van der Waals surface area contributed by atoms with Gasteiger partial charge < -0.3 is 14.6 Å². The fourth-order valence-electron chi connectivity index (χ4n) is 1.53. The predicted octanol–water partition coefficient (Wildman–Crippen LogP) is 1.41. The van der Waals surface area contributed by atoms with Crippen molar-refractivity contribution in [2.45, 2.75) is 57.7 Å². The maximum Gasteiger partial charge on any atom is 0.326 e.